The van der Waals surface area contributed by atoms with Gasteiger partial charge in [0.05, 0.1) is 5.69 Å². The van der Waals surface area contributed by atoms with Crippen LogP contribution in [0.25, 0.3) is 0 Å². The number of aryl methyl sites for hydroxylation is 2. The van der Waals surface area contributed by atoms with Gasteiger partial charge in [-0.2, -0.15) is 15.6 Å². The normalized spacial score (nSPS) is 12.1. The molecule has 16 heavy (non-hydrogen) atoms. The summed E-state index contributed by atoms with van der Waals surface area (Å²) < 4.78 is 0. The van der Waals surface area contributed by atoms with Crippen LogP contribution in [0.2, 0.25) is 0 Å². The predicted molar refractivity (Wildman–Crippen MR) is 60.8 cm³/mol. The molecule has 0 aliphatic heterocycles. The zero-order valence-corrected chi connectivity index (χ0v) is 8.70. The van der Waals surface area contributed by atoms with Crippen molar-refractivity contribution in [1.29, 1.82) is 10.5 Å². The molecule has 0 unspecified atom stereocenters. The molecule has 0 atom stereocenters. The van der Waals surface area contributed by atoms with Gasteiger partial charge in [-0.05, 0) is 42.5 Å². The van der Waals surface area contributed by atoms with Gasteiger partial charge in [0.1, 0.15) is 12.1 Å². The summed E-state index contributed by atoms with van der Waals surface area (Å²) in [6, 6.07) is 9.41. The molecule has 1 aromatic carbocycles. The number of anilines is 1. The van der Waals surface area contributed by atoms with Crippen molar-refractivity contribution < 1.29 is 0 Å². The maximum absolute atomic E-state index is 8.52. The monoisotopic (exact) mass is 210 g/mol. The number of rotatable bonds is 2. The molecular weight excluding hydrogens is 200 g/mol. The maximum Gasteiger partial charge on any atom is 0.237 e. The first-order valence-electron chi connectivity index (χ1n) is 5.09. The summed E-state index contributed by atoms with van der Waals surface area (Å²) in [6.07, 6.45) is 3.43. The van der Waals surface area contributed by atoms with Crippen LogP contribution in [0, 0.1) is 22.7 Å². The molecule has 0 amide bonds. The molecule has 4 heteroatoms. The van der Waals surface area contributed by atoms with Crippen molar-refractivity contribution in [1.82, 2.24) is 0 Å². The third-order valence-electron chi connectivity index (χ3n) is 2.61. The Morgan fingerprint density at radius 1 is 1.19 bits per heavy atom. The summed E-state index contributed by atoms with van der Waals surface area (Å²) in [5.74, 6) is 0. The number of hydrogen-bond donors (Lipinski definition) is 1. The number of nitrogens with one attached hydrogen (secondary N) is 1. The fraction of sp³-hybridized carbons (Fsp3) is 0.250. The Morgan fingerprint density at radius 2 is 1.94 bits per heavy atom. The minimum atomic E-state index is -0.166. The van der Waals surface area contributed by atoms with Gasteiger partial charge in [-0.3, -0.25) is 5.43 Å². The fourth-order valence-electron chi connectivity index (χ4n) is 1.84. The second kappa shape index (κ2) is 4.46. The lowest BCUT2D eigenvalue weighted by Gasteiger charge is -2.03. The summed E-state index contributed by atoms with van der Waals surface area (Å²) >= 11 is 0. The van der Waals surface area contributed by atoms with Gasteiger partial charge in [-0.1, -0.05) is 6.07 Å². The van der Waals surface area contributed by atoms with Gasteiger partial charge in [-0.25, -0.2) is 0 Å². The molecule has 0 radical (unpaired) electrons. The van der Waals surface area contributed by atoms with Gasteiger partial charge in [-0.15, -0.1) is 0 Å². The summed E-state index contributed by atoms with van der Waals surface area (Å²) in [6.45, 7) is 0. The number of fused-ring (bicyclic) bond motifs is 1. The van der Waals surface area contributed by atoms with E-state index in [1.165, 1.54) is 17.5 Å². The molecule has 0 aromatic heterocycles. The Balaban J connectivity index is 2.16. The van der Waals surface area contributed by atoms with E-state index in [1.54, 1.807) is 12.1 Å². The van der Waals surface area contributed by atoms with Crippen LogP contribution in [-0.4, -0.2) is 5.71 Å². The first-order chi connectivity index (χ1) is 7.83. The van der Waals surface area contributed by atoms with Gasteiger partial charge in [0.25, 0.3) is 0 Å². The molecule has 1 N–H and O–H groups in total. The smallest absolute Gasteiger partial charge is 0.237 e. The van der Waals surface area contributed by atoms with E-state index in [4.69, 9.17) is 10.5 Å². The van der Waals surface area contributed by atoms with Crippen molar-refractivity contribution in [3.63, 3.8) is 0 Å². The summed E-state index contributed by atoms with van der Waals surface area (Å²) in [5.41, 5.74) is 6.09. The summed E-state index contributed by atoms with van der Waals surface area (Å²) in [5, 5.41) is 20.7. The highest BCUT2D eigenvalue weighted by Crippen LogP contribution is 2.24. The maximum atomic E-state index is 8.52. The van der Waals surface area contributed by atoms with Crippen LogP contribution in [-0.2, 0) is 12.8 Å². The first kappa shape index (κ1) is 10.2. The fourth-order valence-corrected chi connectivity index (χ4v) is 1.84. The third-order valence-corrected chi connectivity index (χ3v) is 2.61. The number of benzene rings is 1. The summed E-state index contributed by atoms with van der Waals surface area (Å²) in [7, 11) is 0. The van der Waals surface area contributed by atoms with Crippen LogP contribution in [0.1, 0.15) is 17.5 Å². The lowest BCUT2D eigenvalue weighted by Crippen LogP contribution is -1.97. The van der Waals surface area contributed by atoms with Crippen LogP contribution in [0.5, 0.6) is 0 Å². The third kappa shape index (κ3) is 2.02. The molecule has 0 fully saturated rings. The van der Waals surface area contributed by atoms with Gasteiger partial charge in [0.2, 0.25) is 5.71 Å². The minimum Gasteiger partial charge on any atom is -0.277 e. The van der Waals surface area contributed by atoms with Crippen molar-refractivity contribution >= 4 is 11.4 Å². The van der Waals surface area contributed by atoms with Crippen molar-refractivity contribution in [2.45, 2.75) is 19.3 Å². The van der Waals surface area contributed by atoms with Crippen LogP contribution >= 0.6 is 0 Å². The number of hydrogen-bond acceptors (Lipinski definition) is 4. The van der Waals surface area contributed by atoms with Crippen molar-refractivity contribution in [2.24, 2.45) is 5.10 Å². The van der Waals surface area contributed by atoms with Crippen LogP contribution in [0.3, 0.4) is 0 Å². The Labute approximate surface area is 93.8 Å². The molecular formula is C12H10N4. The lowest BCUT2D eigenvalue weighted by molar-refractivity contribution is 0.912. The quantitative estimate of drug-likeness (QED) is 0.599. The van der Waals surface area contributed by atoms with E-state index >= 15 is 0 Å². The zero-order chi connectivity index (χ0) is 11.4. The Kier molecular flexibility index (Phi) is 2.84. The number of nitriles is 2. The molecule has 0 saturated heterocycles. The predicted octanol–water partition coefficient (Wildman–Crippen LogP) is 1.99. The highest BCUT2D eigenvalue weighted by atomic mass is 15.3. The molecule has 1 aromatic rings. The standard InChI is InChI=1S/C12H10N4/c13-7-12(8-14)16-15-11-5-4-9-2-1-3-10(9)6-11/h4-6,15H,1-3H2. The van der Waals surface area contributed by atoms with Crippen molar-refractivity contribution in [3.05, 3.63) is 29.3 Å². The van der Waals surface area contributed by atoms with E-state index in [0.717, 1.165) is 18.5 Å². The Bertz CT molecular complexity index is 501. The van der Waals surface area contributed by atoms with Gasteiger partial charge < -0.3 is 0 Å². The molecule has 78 valence electrons. The Morgan fingerprint density at radius 3 is 2.69 bits per heavy atom. The molecule has 0 heterocycles. The Hall–Kier alpha value is -2.33. The average Bonchev–Trinajstić information content (AvgIpc) is 2.77. The van der Waals surface area contributed by atoms with Crippen molar-refractivity contribution in [2.75, 3.05) is 5.43 Å². The number of nitrogens with zero attached hydrogens (tertiary/aromatic N) is 3. The van der Waals surface area contributed by atoms with Crippen LogP contribution < -0.4 is 5.43 Å². The van der Waals surface area contributed by atoms with Crippen LogP contribution in [0.15, 0.2) is 23.3 Å². The molecule has 0 saturated carbocycles. The van der Waals surface area contributed by atoms with E-state index in [0.29, 0.717) is 0 Å². The molecule has 0 bridgehead atoms. The largest absolute Gasteiger partial charge is 0.277 e. The van der Waals surface area contributed by atoms with Crippen molar-refractivity contribution in [3.8, 4) is 12.1 Å². The van der Waals surface area contributed by atoms with Crippen LogP contribution in [0.4, 0.5) is 5.69 Å². The SMILES string of the molecule is N#CC(C#N)=NNc1ccc2c(c1)CCC2. The molecule has 4 nitrogen and oxygen atoms in total. The molecule has 1 aliphatic rings. The molecule has 1 aliphatic carbocycles. The van der Waals surface area contributed by atoms with Gasteiger partial charge >= 0.3 is 0 Å². The van der Waals surface area contributed by atoms with E-state index in [2.05, 4.69) is 16.6 Å². The first-order valence-corrected chi connectivity index (χ1v) is 5.09. The van der Waals surface area contributed by atoms with Gasteiger partial charge in [0.15, 0.2) is 0 Å². The second-order valence-electron chi connectivity index (χ2n) is 3.63. The van der Waals surface area contributed by atoms with E-state index in [1.807, 2.05) is 12.1 Å². The molecule has 2 rings (SSSR count). The highest BCUT2D eigenvalue weighted by molar-refractivity contribution is 6.10. The topological polar surface area (TPSA) is 72.0 Å². The molecule has 0 spiro atoms. The lowest BCUT2D eigenvalue weighted by atomic mass is 10.1. The average molecular weight is 210 g/mol. The highest BCUT2D eigenvalue weighted by Gasteiger charge is 2.10. The number of hydrazone groups is 1. The van der Waals surface area contributed by atoms with E-state index in [9.17, 15) is 0 Å². The second-order valence-corrected chi connectivity index (χ2v) is 3.63. The minimum absolute atomic E-state index is 0.166. The zero-order valence-electron chi connectivity index (χ0n) is 8.70. The van der Waals surface area contributed by atoms with E-state index in [-0.39, 0.29) is 5.71 Å². The van der Waals surface area contributed by atoms with Gasteiger partial charge in [0, 0.05) is 0 Å². The summed E-state index contributed by atoms with van der Waals surface area (Å²) in [4.78, 5) is 0. The van der Waals surface area contributed by atoms with E-state index < -0.39 is 0 Å².